The van der Waals surface area contributed by atoms with E-state index >= 15 is 0 Å². The molecular weight excluding hydrogens is 262 g/mol. The van der Waals surface area contributed by atoms with Gasteiger partial charge in [0.05, 0.1) is 13.7 Å². The zero-order valence-electron chi connectivity index (χ0n) is 12.8. The van der Waals surface area contributed by atoms with E-state index in [1.807, 2.05) is 0 Å². The molecule has 1 saturated heterocycles. The maximum absolute atomic E-state index is 5.55. The van der Waals surface area contributed by atoms with Crippen LogP contribution in [0.15, 0.2) is 36.4 Å². The van der Waals surface area contributed by atoms with E-state index in [1.165, 1.54) is 16.3 Å². The number of hydrogen-bond acceptors (Lipinski definition) is 3. The molecule has 0 saturated carbocycles. The number of rotatable bonds is 5. The Kier molecular flexibility index (Phi) is 4.42. The summed E-state index contributed by atoms with van der Waals surface area (Å²) >= 11 is 0. The van der Waals surface area contributed by atoms with E-state index in [2.05, 4.69) is 48.6 Å². The molecule has 3 heteroatoms. The summed E-state index contributed by atoms with van der Waals surface area (Å²) in [6.07, 6.45) is 1.15. The Morgan fingerprint density at radius 2 is 2.14 bits per heavy atom. The third-order valence-corrected chi connectivity index (χ3v) is 4.49. The summed E-state index contributed by atoms with van der Waals surface area (Å²) < 4.78 is 11.0. The minimum Gasteiger partial charge on any atom is -0.496 e. The molecule has 0 amide bonds. The number of methoxy groups -OCH3 is 1. The van der Waals surface area contributed by atoms with Gasteiger partial charge in [-0.1, -0.05) is 30.3 Å². The van der Waals surface area contributed by atoms with Gasteiger partial charge >= 0.3 is 0 Å². The molecule has 3 rings (SSSR count). The van der Waals surface area contributed by atoms with Crippen molar-refractivity contribution in [3.63, 3.8) is 0 Å². The zero-order valence-corrected chi connectivity index (χ0v) is 12.8. The molecule has 21 heavy (non-hydrogen) atoms. The molecule has 2 atom stereocenters. The van der Waals surface area contributed by atoms with Crippen LogP contribution in [-0.4, -0.2) is 26.4 Å². The van der Waals surface area contributed by atoms with Crippen LogP contribution in [0.2, 0.25) is 0 Å². The van der Waals surface area contributed by atoms with Gasteiger partial charge in [-0.2, -0.15) is 0 Å². The third-order valence-electron chi connectivity index (χ3n) is 4.49. The summed E-state index contributed by atoms with van der Waals surface area (Å²) in [5.74, 6) is 1.57. The van der Waals surface area contributed by atoms with Crippen molar-refractivity contribution in [3.05, 3.63) is 42.0 Å². The van der Waals surface area contributed by atoms with Crippen LogP contribution in [0.4, 0.5) is 0 Å². The lowest BCUT2D eigenvalue weighted by molar-refractivity contribution is 0.178. The first-order valence-electron chi connectivity index (χ1n) is 7.65. The molecule has 2 unspecified atom stereocenters. The fraction of sp³-hybridized carbons (Fsp3) is 0.444. The van der Waals surface area contributed by atoms with Crippen molar-refractivity contribution in [2.24, 2.45) is 5.92 Å². The quantitative estimate of drug-likeness (QED) is 0.913. The summed E-state index contributed by atoms with van der Waals surface area (Å²) in [6, 6.07) is 13.1. The van der Waals surface area contributed by atoms with Crippen molar-refractivity contribution in [1.82, 2.24) is 5.32 Å². The van der Waals surface area contributed by atoms with E-state index in [9.17, 15) is 0 Å². The first-order chi connectivity index (χ1) is 10.3. The monoisotopic (exact) mass is 285 g/mol. The van der Waals surface area contributed by atoms with Crippen LogP contribution >= 0.6 is 0 Å². The highest BCUT2D eigenvalue weighted by atomic mass is 16.5. The van der Waals surface area contributed by atoms with Crippen molar-refractivity contribution in [2.75, 3.05) is 20.3 Å². The van der Waals surface area contributed by atoms with Crippen LogP contribution in [-0.2, 0) is 11.3 Å². The minimum atomic E-state index is 0.455. The van der Waals surface area contributed by atoms with Crippen molar-refractivity contribution in [2.45, 2.75) is 25.9 Å². The lowest BCUT2D eigenvalue weighted by Gasteiger charge is -2.21. The molecule has 2 aromatic carbocycles. The number of benzene rings is 2. The molecule has 3 nitrogen and oxygen atoms in total. The highest BCUT2D eigenvalue weighted by Gasteiger charge is 2.22. The molecule has 2 aromatic rings. The SMILES string of the molecule is COc1ccc2ccccc2c1CNC(C)C1CCOC1. The molecule has 0 spiro atoms. The van der Waals surface area contributed by atoms with Crippen molar-refractivity contribution in [3.8, 4) is 5.75 Å². The predicted octanol–water partition coefficient (Wildman–Crippen LogP) is 3.36. The molecule has 1 fully saturated rings. The van der Waals surface area contributed by atoms with E-state index in [0.717, 1.165) is 31.9 Å². The molecule has 0 aromatic heterocycles. The molecule has 1 aliphatic heterocycles. The smallest absolute Gasteiger partial charge is 0.123 e. The summed E-state index contributed by atoms with van der Waals surface area (Å²) in [5, 5.41) is 6.17. The lowest BCUT2D eigenvalue weighted by atomic mass is 9.99. The molecule has 1 heterocycles. The van der Waals surface area contributed by atoms with Crippen LogP contribution in [0.25, 0.3) is 10.8 Å². The van der Waals surface area contributed by atoms with E-state index in [0.29, 0.717) is 12.0 Å². The van der Waals surface area contributed by atoms with Gasteiger partial charge in [-0.05, 0) is 36.1 Å². The van der Waals surface area contributed by atoms with Crippen LogP contribution < -0.4 is 10.1 Å². The second kappa shape index (κ2) is 6.46. The first kappa shape index (κ1) is 14.4. The van der Waals surface area contributed by atoms with Crippen LogP contribution in [0.1, 0.15) is 18.9 Å². The second-order valence-electron chi connectivity index (χ2n) is 5.76. The first-order valence-corrected chi connectivity index (χ1v) is 7.65. The number of ether oxygens (including phenoxy) is 2. The molecular formula is C18H23NO2. The van der Waals surface area contributed by atoms with E-state index < -0.39 is 0 Å². The summed E-state index contributed by atoms with van der Waals surface area (Å²) in [6.45, 7) is 4.84. The standard InChI is InChI=1S/C18H23NO2/c1-13(15-9-10-21-12-15)19-11-17-16-6-4-3-5-14(16)7-8-18(17)20-2/h3-8,13,15,19H,9-12H2,1-2H3. The summed E-state index contributed by atoms with van der Waals surface area (Å²) in [5.41, 5.74) is 1.24. The Bertz CT molecular complexity index is 605. The van der Waals surface area contributed by atoms with Gasteiger partial charge in [0.2, 0.25) is 0 Å². The molecule has 0 aliphatic carbocycles. The topological polar surface area (TPSA) is 30.5 Å². The van der Waals surface area contributed by atoms with Gasteiger partial charge in [-0.25, -0.2) is 0 Å². The highest BCUT2D eigenvalue weighted by Crippen LogP contribution is 2.28. The number of hydrogen-bond donors (Lipinski definition) is 1. The molecule has 1 N–H and O–H groups in total. The Hall–Kier alpha value is -1.58. The van der Waals surface area contributed by atoms with Crippen molar-refractivity contribution in [1.29, 1.82) is 0 Å². The molecule has 0 radical (unpaired) electrons. The Morgan fingerprint density at radius 3 is 2.90 bits per heavy atom. The van der Waals surface area contributed by atoms with Gasteiger partial charge in [0.1, 0.15) is 5.75 Å². The Balaban J connectivity index is 1.81. The number of nitrogens with one attached hydrogen (secondary N) is 1. The fourth-order valence-corrected chi connectivity index (χ4v) is 3.07. The van der Waals surface area contributed by atoms with Crippen LogP contribution in [0.3, 0.4) is 0 Å². The van der Waals surface area contributed by atoms with Crippen molar-refractivity contribution < 1.29 is 9.47 Å². The lowest BCUT2D eigenvalue weighted by Crippen LogP contribution is -2.33. The average Bonchev–Trinajstić information content (AvgIpc) is 3.06. The Labute approximate surface area is 126 Å². The van der Waals surface area contributed by atoms with Crippen LogP contribution in [0.5, 0.6) is 5.75 Å². The molecule has 1 aliphatic rings. The normalized spacial score (nSPS) is 19.8. The maximum Gasteiger partial charge on any atom is 0.123 e. The van der Waals surface area contributed by atoms with Crippen molar-refractivity contribution >= 4 is 10.8 Å². The number of fused-ring (bicyclic) bond motifs is 1. The van der Waals surface area contributed by atoms with E-state index in [4.69, 9.17) is 9.47 Å². The van der Waals surface area contributed by atoms with Gasteiger partial charge in [0.15, 0.2) is 0 Å². The summed E-state index contributed by atoms with van der Waals surface area (Å²) in [7, 11) is 1.74. The third kappa shape index (κ3) is 3.04. The zero-order chi connectivity index (χ0) is 14.7. The van der Waals surface area contributed by atoms with Gasteiger partial charge in [-0.15, -0.1) is 0 Å². The van der Waals surface area contributed by atoms with E-state index in [1.54, 1.807) is 7.11 Å². The largest absolute Gasteiger partial charge is 0.496 e. The second-order valence-corrected chi connectivity index (χ2v) is 5.76. The van der Waals surface area contributed by atoms with Gasteiger partial charge in [0, 0.05) is 24.8 Å². The van der Waals surface area contributed by atoms with Gasteiger partial charge in [0.25, 0.3) is 0 Å². The summed E-state index contributed by atoms with van der Waals surface area (Å²) in [4.78, 5) is 0. The highest BCUT2D eigenvalue weighted by molar-refractivity contribution is 5.87. The fourth-order valence-electron chi connectivity index (χ4n) is 3.07. The van der Waals surface area contributed by atoms with Gasteiger partial charge in [-0.3, -0.25) is 0 Å². The van der Waals surface area contributed by atoms with E-state index in [-0.39, 0.29) is 0 Å². The average molecular weight is 285 g/mol. The molecule has 112 valence electrons. The van der Waals surface area contributed by atoms with Gasteiger partial charge < -0.3 is 14.8 Å². The predicted molar refractivity (Wildman–Crippen MR) is 85.7 cm³/mol. The van der Waals surface area contributed by atoms with Crippen LogP contribution in [0, 0.1) is 5.92 Å². The maximum atomic E-state index is 5.55. The minimum absolute atomic E-state index is 0.455. The molecule has 0 bridgehead atoms. The Morgan fingerprint density at radius 1 is 1.29 bits per heavy atom.